The van der Waals surface area contributed by atoms with Gasteiger partial charge in [-0.3, -0.25) is 4.79 Å². The van der Waals surface area contributed by atoms with Crippen molar-refractivity contribution >= 4 is 17.7 Å². The van der Waals surface area contributed by atoms with Crippen LogP contribution in [0.5, 0.6) is 0 Å². The van der Waals surface area contributed by atoms with E-state index in [0.717, 1.165) is 18.6 Å². The number of hydrogen-bond acceptors (Lipinski definition) is 2. The molecule has 0 radical (unpaired) electrons. The number of thioether (sulfide) groups is 1. The van der Waals surface area contributed by atoms with E-state index in [0.29, 0.717) is 6.04 Å². The molecule has 1 aromatic carbocycles. The zero-order valence-corrected chi connectivity index (χ0v) is 11.3. The van der Waals surface area contributed by atoms with Crippen LogP contribution in [0.15, 0.2) is 29.2 Å². The monoisotopic (exact) mass is 261 g/mol. The van der Waals surface area contributed by atoms with Crippen molar-refractivity contribution in [3.05, 3.63) is 29.8 Å². The molecule has 1 aliphatic heterocycles. The topological polar surface area (TPSA) is 29.1 Å². The van der Waals surface area contributed by atoms with Crippen LogP contribution in [-0.2, 0) is 4.79 Å². The zero-order valence-electron chi connectivity index (χ0n) is 10.5. The van der Waals surface area contributed by atoms with E-state index in [1.165, 1.54) is 29.7 Å². The third kappa shape index (κ3) is 2.41. The lowest BCUT2D eigenvalue weighted by molar-refractivity contribution is -0.123. The van der Waals surface area contributed by atoms with E-state index < -0.39 is 0 Å². The minimum Gasteiger partial charge on any atom is -0.353 e. The van der Waals surface area contributed by atoms with Crippen molar-refractivity contribution < 1.29 is 4.79 Å². The molecule has 0 spiro atoms. The van der Waals surface area contributed by atoms with Gasteiger partial charge in [-0.05, 0) is 24.5 Å². The van der Waals surface area contributed by atoms with Gasteiger partial charge in [-0.2, -0.15) is 0 Å². The van der Waals surface area contributed by atoms with Gasteiger partial charge >= 0.3 is 0 Å². The lowest BCUT2D eigenvalue weighted by atomic mass is 9.94. The van der Waals surface area contributed by atoms with Gasteiger partial charge in [-0.25, -0.2) is 0 Å². The molecular weight excluding hydrogens is 242 g/mol. The molecule has 1 saturated carbocycles. The van der Waals surface area contributed by atoms with Crippen LogP contribution in [-0.4, -0.2) is 17.7 Å². The van der Waals surface area contributed by atoms with Gasteiger partial charge in [0.05, 0.1) is 5.92 Å². The normalized spacial score (nSPS) is 23.7. The number of amides is 1. The lowest BCUT2D eigenvalue weighted by Gasteiger charge is -2.24. The van der Waals surface area contributed by atoms with Crippen LogP contribution >= 0.6 is 11.8 Å². The minimum atomic E-state index is 0.0631. The van der Waals surface area contributed by atoms with Crippen LogP contribution in [0.3, 0.4) is 0 Å². The van der Waals surface area contributed by atoms with Crippen LogP contribution in [0.25, 0.3) is 0 Å². The summed E-state index contributed by atoms with van der Waals surface area (Å²) in [6.07, 6.45) is 6.18. The molecule has 1 unspecified atom stereocenters. The third-order valence-corrected chi connectivity index (χ3v) is 5.15. The first-order valence-electron chi connectivity index (χ1n) is 6.87. The maximum absolute atomic E-state index is 12.4. The number of rotatable bonds is 2. The Morgan fingerprint density at radius 1 is 1.17 bits per heavy atom. The van der Waals surface area contributed by atoms with E-state index in [9.17, 15) is 4.79 Å². The summed E-state index contributed by atoms with van der Waals surface area (Å²) in [6.45, 7) is 0. The van der Waals surface area contributed by atoms with Gasteiger partial charge in [0.2, 0.25) is 5.91 Å². The summed E-state index contributed by atoms with van der Waals surface area (Å²) in [5, 5.41) is 3.25. The van der Waals surface area contributed by atoms with Crippen LogP contribution in [0, 0.1) is 0 Å². The third-order valence-electron chi connectivity index (χ3n) is 3.97. The Kier molecular flexibility index (Phi) is 3.59. The molecule has 0 bridgehead atoms. The van der Waals surface area contributed by atoms with Gasteiger partial charge < -0.3 is 5.32 Å². The van der Waals surface area contributed by atoms with Crippen LogP contribution < -0.4 is 5.32 Å². The molecule has 1 atom stereocenters. The molecule has 0 aromatic heterocycles. The highest BCUT2D eigenvalue weighted by molar-refractivity contribution is 7.99. The predicted octanol–water partition coefficient (Wildman–Crippen LogP) is 3.32. The van der Waals surface area contributed by atoms with Crippen LogP contribution in [0.1, 0.15) is 43.6 Å². The Morgan fingerprint density at radius 3 is 2.78 bits per heavy atom. The van der Waals surface area contributed by atoms with Crippen molar-refractivity contribution in [2.24, 2.45) is 0 Å². The number of carbonyl (C=O) groups excluding carboxylic acids is 1. The van der Waals surface area contributed by atoms with E-state index in [4.69, 9.17) is 0 Å². The van der Waals surface area contributed by atoms with Crippen molar-refractivity contribution in [3.63, 3.8) is 0 Å². The highest BCUT2D eigenvalue weighted by Crippen LogP contribution is 2.39. The first-order chi connectivity index (χ1) is 8.84. The molecule has 1 aromatic rings. The molecule has 1 amide bonds. The van der Waals surface area contributed by atoms with Gasteiger partial charge in [0.1, 0.15) is 0 Å². The van der Waals surface area contributed by atoms with Crippen molar-refractivity contribution in [2.45, 2.75) is 49.0 Å². The number of fused-ring (bicyclic) bond motifs is 1. The summed E-state index contributed by atoms with van der Waals surface area (Å²) < 4.78 is 0. The largest absolute Gasteiger partial charge is 0.353 e. The second-order valence-electron chi connectivity index (χ2n) is 5.24. The summed E-state index contributed by atoms with van der Waals surface area (Å²) in [4.78, 5) is 13.6. The van der Waals surface area contributed by atoms with E-state index in [2.05, 4.69) is 17.4 Å². The second kappa shape index (κ2) is 5.35. The molecule has 3 rings (SSSR count). The molecule has 96 valence electrons. The zero-order chi connectivity index (χ0) is 12.4. The summed E-state index contributed by atoms with van der Waals surface area (Å²) in [5.74, 6) is 1.20. The average Bonchev–Trinajstić information content (AvgIpc) is 2.84. The summed E-state index contributed by atoms with van der Waals surface area (Å²) >= 11 is 1.81. The Bertz CT molecular complexity index is 440. The number of benzene rings is 1. The Hall–Kier alpha value is -0.960. The molecule has 1 heterocycles. The number of carbonyl (C=O) groups is 1. The van der Waals surface area contributed by atoms with E-state index in [-0.39, 0.29) is 11.8 Å². The predicted molar refractivity (Wildman–Crippen MR) is 74.9 cm³/mol. The van der Waals surface area contributed by atoms with Gasteiger partial charge in [-0.1, -0.05) is 37.5 Å². The summed E-state index contributed by atoms with van der Waals surface area (Å²) in [7, 11) is 0. The molecule has 0 saturated heterocycles. The maximum Gasteiger partial charge on any atom is 0.228 e. The fourth-order valence-corrected chi connectivity index (χ4v) is 4.16. The fourth-order valence-electron chi connectivity index (χ4n) is 2.93. The lowest BCUT2D eigenvalue weighted by Crippen LogP contribution is -2.39. The van der Waals surface area contributed by atoms with Crippen molar-refractivity contribution in [1.82, 2.24) is 5.32 Å². The van der Waals surface area contributed by atoms with Crippen LogP contribution in [0.4, 0.5) is 0 Å². The number of hydrogen-bond donors (Lipinski definition) is 1. The highest BCUT2D eigenvalue weighted by Gasteiger charge is 2.30. The molecule has 1 aliphatic carbocycles. The minimum absolute atomic E-state index is 0.0631. The van der Waals surface area contributed by atoms with E-state index >= 15 is 0 Å². The number of nitrogens with one attached hydrogen (secondary N) is 1. The molecule has 2 nitrogen and oxygen atoms in total. The summed E-state index contributed by atoms with van der Waals surface area (Å²) in [5.41, 5.74) is 1.22. The molecule has 18 heavy (non-hydrogen) atoms. The molecule has 2 aliphatic rings. The molecular formula is C15H19NOS. The van der Waals surface area contributed by atoms with E-state index in [1.807, 2.05) is 12.1 Å². The standard InChI is InChI=1S/C15H19NOS/c17-15(16-11-6-2-1-3-7-11)13-10-18-14-9-5-4-8-12(13)14/h4-5,8-9,11,13H,1-3,6-7,10H2,(H,16,17). The highest BCUT2D eigenvalue weighted by atomic mass is 32.2. The van der Waals surface area contributed by atoms with Gasteiger partial charge in [0.25, 0.3) is 0 Å². The van der Waals surface area contributed by atoms with Gasteiger partial charge in [0, 0.05) is 16.7 Å². The quantitative estimate of drug-likeness (QED) is 0.885. The first-order valence-corrected chi connectivity index (χ1v) is 7.85. The SMILES string of the molecule is O=C(NC1CCCCC1)C1CSc2ccccc21. The van der Waals surface area contributed by atoms with Crippen LogP contribution in [0.2, 0.25) is 0 Å². The fraction of sp³-hybridized carbons (Fsp3) is 0.533. The smallest absolute Gasteiger partial charge is 0.228 e. The Morgan fingerprint density at radius 2 is 1.94 bits per heavy atom. The maximum atomic E-state index is 12.4. The van der Waals surface area contributed by atoms with Crippen molar-refractivity contribution in [1.29, 1.82) is 0 Å². The van der Waals surface area contributed by atoms with Crippen molar-refractivity contribution in [3.8, 4) is 0 Å². The van der Waals surface area contributed by atoms with Gasteiger partial charge in [0.15, 0.2) is 0 Å². The summed E-state index contributed by atoms with van der Waals surface area (Å²) in [6, 6.07) is 8.72. The molecule has 3 heteroatoms. The van der Waals surface area contributed by atoms with E-state index in [1.54, 1.807) is 11.8 Å². The van der Waals surface area contributed by atoms with Crippen molar-refractivity contribution in [2.75, 3.05) is 5.75 Å². The second-order valence-corrected chi connectivity index (χ2v) is 6.31. The van der Waals surface area contributed by atoms with Gasteiger partial charge in [-0.15, -0.1) is 11.8 Å². The average molecular weight is 261 g/mol. The Labute approximate surface area is 113 Å². The first kappa shape index (κ1) is 12.1. The molecule has 1 fully saturated rings. The molecule has 1 N–H and O–H groups in total. The Balaban J connectivity index is 1.67.